The highest BCUT2D eigenvalue weighted by atomic mass is 16.3. The summed E-state index contributed by atoms with van der Waals surface area (Å²) < 4.78 is 1.49. The molecule has 4 aliphatic rings. The van der Waals surface area contributed by atoms with E-state index in [4.69, 9.17) is 0 Å². The number of carbonyl (C=O) groups is 1. The predicted molar refractivity (Wildman–Crippen MR) is 104 cm³/mol. The van der Waals surface area contributed by atoms with Crippen molar-refractivity contribution in [1.82, 2.24) is 19.5 Å². The maximum absolute atomic E-state index is 13.1. The van der Waals surface area contributed by atoms with Crippen LogP contribution >= 0.6 is 0 Å². The van der Waals surface area contributed by atoms with Crippen molar-refractivity contribution in [3.63, 3.8) is 0 Å². The Hall–Kier alpha value is -2.67. The molecular formula is C21H23N5O2. The number of hydrogen-bond acceptors (Lipinski definition) is 5. The zero-order valence-corrected chi connectivity index (χ0v) is 15.5. The van der Waals surface area contributed by atoms with E-state index in [1.165, 1.54) is 23.7 Å². The molecule has 0 radical (unpaired) electrons. The summed E-state index contributed by atoms with van der Waals surface area (Å²) in [6, 6.07) is 2.26. The van der Waals surface area contributed by atoms with Gasteiger partial charge in [0.15, 0.2) is 0 Å². The van der Waals surface area contributed by atoms with Gasteiger partial charge in [-0.15, -0.1) is 0 Å². The van der Waals surface area contributed by atoms with Crippen LogP contribution in [0.1, 0.15) is 42.5 Å². The normalized spacial score (nSPS) is 33.5. The molecule has 4 bridgehead atoms. The number of hydrogen-bond donors (Lipinski definition) is 3. The molecule has 0 aliphatic heterocycles. The molecule has 7 nitrogen and oxygen atoms in total. The zero-order chi connectivity index (χ0) is 18.9. The number of imidazole rings is 1. The molecule has 4 saturated carbocycles. The molecule has 5 atom stereocenters. The predicted octanol–water partition coefficient (Wildman–Crippen LogP) is 2.80. The van der Waals surface area contributed by atoms with Gasteiger partial charge in [0.1, 0.15) is 12.0 Å². The smallest absolute Gasteiger partial charge is 0.266 e. The van der Waals surface area contributed by atoms with E-state index in [2.05, 4.69) is 20.3 Å². The lowest BCUT2D eigenvalue weighted by molar-refractivity contribution is -0.129. The number of aromatic nitrogens is 4. The quantitative estimate of drug-likeness (QED) is 0.652. The summed E-state index contributed by atoms with van der Waals surface area (Å²) >= 11 is 0. The number of fused-ring (bicyclic) bond motifs is 1. The fourth-order valence-electron chi connectivity index (χ4n) is 6.23. The Labute approximate surface area is 162 Å². The van der Waals surface area contributed by atoms with Crippen molar-refractivity contribution in [1.29, 1.82) is 0 Å². The number of aliphatic hydroxyl groups is 1. The van der Waals surface area contributed by atoms with Crippen LogP contribution < -0.4 is 5.32 Å². The summed E-state index contributed by atoms with van der Waals surface area (Å²) in [7, 11) is 0. The molecule has 4 fully saturated rings. The lowest BCUT2D eigenvalue weighted by Gasteiger charge is -2.58. The van der Waals surface area contributed by atoms with Gasteiger partial charge in [-0.2, -0.15) is 0 Å². The second-order valence-corrected chi connectivity index (χ2v) is 8.93. The Morgan fingerprint density at radius 3 is 2.82 bits per heavy atom. The lowest BCUT2D eigenvalue weighted by atomic mass is 9.52. The minimum Gasteiger partial charge on any atom is -0.390 e. The van der Waals surface area contributed by atoms with Gasteiger partial charge in [0.2, 0.25) is 0 Å². The number of rotatable bonds is 3. The van der Waals surface area contributed by atoms with Crippen LogP contribution in [-0.2, 0) is 0 Å². The van der Waals surface area contributed by atoms with E-state index in [0.29, 0.717) is 23.3 Å². The average molecular weight is 377 g/mol. The van der Waals surface area contributed by atoms with Gasteiger partial charge in [-0.3, -0.25) is 9.36 Å². The van der Waals surface area contributed by atoms with Gasteiger partial charge in [-0.25, -0.2) is 9.97 Å². The Bertz CT molecular complexity index is 1040. The third-order valence-corrected chi connectivity index (χ3v) is 7.11. The summed E-state index contributed by atoms with van der Waals surface area (Å²) in [4.78, 5) is 24.7. The Balaban J connectivity index is 1.41. The third kappa shape index (κ3) is 2.35. The largest absolute Gasteiger partial charge is 0.390 e. The fraction of sp³-hybridized carbons (Fsp3) is 0.476. The summed E-state index contributed by atoms with van der Waals surface area (Å²) in [6.07, 6.45) is 13.3. The second-order valence-electron chi connectivity index (χ2n) is 8.93. The van der Waals surface area contributed by atoms with Gasteiger partial charge < -0.3 is 15.4 Å². The minimum atomic E-state index is -0.466. The second kappa shape index (κ2) is 5.67. The first-order valence-corrected chi connectivity index (χ1v) is 10.1. The minimum absolute atomic E-state index is 0.141. The van der Waals surface area contributed by atoms with Crippen molar-refractivity contribution < 1.29 is 9.90 Å². The third-order valence-electron chi connectivity index (χ3n) is 7.11. The molecule has 3 heterocycles. The van der Waals surface area contributed by atoms with Gasteiger partial charge in [-0.05, 0) is 55.9 Å². The summed E-state index contributed by atoms with van der Waals surface area (Å²) in [5.41, 5.74) is 1.70. The van der Waals surface area contributed by atoms with Crippen molar-refractivity contribution in [2.45, 2.75) is 43.7 Å². The van der Waals surface area contributed by atoms with Crippen LogP contribution in [-0.4, -0.2) is 42.2 Å². The average Bonchev–Trinajstić information content (AvgIpc) is 3.34. The molecule has 4 aliphatic carbocycles. The SMILES string of the molecule is O=C(c1cnc2[nH]ccc2c1NC1[C@@H]2CC3C[C@H]1CC(O)(C3)C2)n1ccnc1. The van der Waals surface area contributed by atoms with Crippen molar-refractivity contribution in [2.75, 3.05) is 5.32 Å². The van der Waals surface area contributed by atoms with Crippen LogP contribution in [0, 0.1) is 17.8 Å². The molecule has 7 rings (SSSR count). The molecule has 0 spiro atoms. The molecule has 0 aromatic carbocycles. The standard InChI is InChI=1S/C21H23N5O2/c27-20(26-4-3-22-11-26)16-10-24-19-15(1-2-23-19)18(16)25-17-13-5-12-6-14(17)9-21(28,7-12)8-13/h1-4,10-14,17,28H,5-9H2,(H2,23,24,25)/t12?,13-,14+,17?,21?. The highest BCUT2D eigenvalue weighted by Gasteiger charge is 2.54. The summed E-state index contributed by atoms with van der Waals surface area (Å²) in [5, 5.41) is 15.6. The molecule has 3 N–H and O–H groups in total. The van der Waals surface area contributed by atoms with Gasteiger partial charge in [0.25, 0.3) is 5.91 Å². The Morgan fingerprint density at radius 1 is 1.29 bits per heavy atom. The maximum atomic E-state index is 13.1. The van der Waals surface area contributed by atoms with Crippen molar-refractivity contribution >= 4 is 22.6 Å². The monoisotopic (exact) mass is 377 g/mol. The van der Waals surface area contributed by atoms with E-state index >= 15 is 0 Å². The Kier molecular flexibility index (Phi) is 3.30. The summed E-state index contributed by atoms with van der Waals surface area (Å²) in [5.74, 6) is 1.42. The van der Waals surface area contributed by atoms with Crippen LogP contribution in [0.15, 0.2) is 37.2 Å². The molecule has 3 unspecified atom stereocenters. The first kappa shape index (κ1) is 16.3. The van der Waals surface area contributed by atoms with E-state index in [0.717, 1.165) is 36.0 Å². The number of nitrogens with one attached hydrogen (secondary N) is 2. The van der Waals surface area contributed by atoms with Crippen LogP contribution in [0.25, 0.3) is 11.0 Å². The first-order valence-electron chi connectivity index (χ1n) is 10.1. The number of anilines is 1. The van der Waals surface area contributed by atoms with Crippen LogP contribution in [0.5, 0.6) is 0 Å². The van der Waals surface area contributed by atoms with E-state index in [9.17, 15) is 9.90 Å². The molecule has 144 valence electrons. The number of H-pyrrole nitrogens is 1. The van der Waals surface area contributed by atoms with E-state index < -0.39 is 5.60 Å². The lowest BCUT2D eigenvalue weighted by Crippen LogP contribution is -2.59. The van der Waals surface area contributed by atoms with Gasteiger partial charge in [0.05, 0.1) is 16.9 Å². The van der Waals surface area contributed by atoms with Gasteiger partial charge in [0, 0.05) is 36.2 Å². The van der Waals surface area contributed by atoms with E-state index in [-0.39, 0.29) is 11.9 Å². The molecular weight excluding hydrogens is 354 g/mol. The molecule has 28 heavy (non-hydrogen) atoms. The number of carbonyl (C=O) groups excluding carboxylic acids is 1. The molecule has 0 saturated heterocycles. The number of pyridine rings is 1. The highest BCUT2D eigenvalue weighted by molar-refractivity contribution is 6.07. The van der Waals surface area contributed by atoms with Crippen molar-refractivity contribution in [3.05, 3.63) is 42.7 Å². The van der Waals surface area contributed by atoms with E-state index in [1.54, 1.807) is 18.6 Å². The van der Waals surface area contributed by atoms with Gasteiger partial charge >= 0.3 is 0 Å². The topological polar surface area (TPSA) is 95.8 Å². The van der Waals surface area contributed by atoms with Gasteiger partial charge in [-0.1, -0.05) is 0 Å². The Morgan fingerprint density at radius 2 is 2.11 bits per heavy atom. The van der Waals surface area contributed by atoms with E-state index in [1.807, 2.05) is 12.3 Å². The maximum Gasteiger partial charge on any atom is 0.266 e. The molecule has 3 aromatic rings. The molecule has 3 aromatic heterocycles. The zero-order valence-electron chi connectivity index (χ0n) is 15.5. The van der Waals surface area contributed by atoms with Crippen LogP contribution in [0.3, 0.4) is 0 Å². The first-order chi connectivity index (χ1) is 13.6. The van der Waals surface area contributed by atoms with Crippen LogP contribution in [0.2, 0.25) is 0 Å². The highest BCUT2D eigenvalue weighted by Crippen LogP contribution is 2.56. The number of aromatic amines is 1. The van der Waals surface area contributed by atoms with Crippen molar-refractivity contribution in [2.24, 2.45) is 17.8 Å². The molecule has 0 amide bonds. The van der Waals surface area contributed by atoms with Crippen LogP contribution in [0.4, 0.5) is 5.69 Å². The molecule has 7 heteroatoms. The summed E-state index contributed by atoms with van der Waals surface area (Å²) in [6.45, 7) is 0. The fourth-order valence-corrected chi connectivity index (χ4v) is 6.23. The number of nitrogens with zero attached hydrogens (tertiary/aromatic N) is 3. The van der Waals surface area contributed by atoms with Crippen molar-refractivity contribution in [3.8, 4) is 0 Å².